The summed E-state index contributed by atoms with van der Waals surface area (Å²) in [5, 5.41) is 20.2. The average Bonchev–Trinajstić information content (AvgIpc) is 2.68. The van der Waals surface area contributed by atoms with Crippen LogP contribution in [0.4, 0.5) is 11.4 Å². The highest BCUT2D eigenvalue weighted by atomic mass is 16.6. The summed E-state index contributed by atoms with van der Waals surface area (Å²) in [6, 6.07) is 6.45. The molecule has 0 atom stereocenters. The summed E-state index contributed by atoms with van der Waals surface area (Å²) in [6.45, 7) is 5.04. The number of nitro benzene ring substituents is 1. The first kappa shape index (κ1) is 18.1. The number of hydrogen-bond donors (Lipinski definition) is 0. The predicted molar refractivity (Wildman–Crippen MR) is 96.9 cm³/mol. The van der Waals surface area contributed by atoms with E-state index in [0.717, 1.165) is 44.7 Å². The molecule has 1 aromatic rings. The molecule has 8 nitrogen and oxygen atoms in total. The van der Waals surface area contributed by atoms with E-state index < -0.39 is 4.92 Å². The third kappa shape index (κ3) is 4.11. The number of likely N-dealkylation sites (tertiary alicyclic amines) is 1. The number of amides is 1. The molecule has 0 N–H and O–H groups in total. The van der Waals surface area contributed by atoms with Gasteiger partial charge in [0.15, 0.2) is 0 Å². The number of nitrogens with zero attached hydrogens (tertiary/aromatic N) is 5. The molecule has 0 unspecified atom stereocenters. The summed E-state index contributed by atoms with van der Waals surface area (Å²) in [7, 11) is 0. The average molecular weight is 357 g/mol. The SMILES string of the molecule is N#Cc1cc([N+](=O)[O-])ccc1N1CCN(CC(=O)N2CCCCC2)CC1. The molecule has 2 heterocycles. The van der Waals surface area contributed by atoms with Crippen LogP contribution in [0.1, 0.15) is 24.8 Å². The van der Waals surface area contributed by atoms with E-state index in [2.05, 4.69) is 15.9 Å². The number of anilines is 1. The minimum absolute atomic E-state index is 0.0731. The first-order valence-electron chi connectivity index (χ1n) is 9.02. The summed E-state index contributed by atoms with van der Waals surface area (Å²) < 4.78 is 0. The topological polar surface area (TPSA) is 93.7 Å². The van der Waals surface area contributed by atoms with Gasteiger partial charge < -0.3 is 9.80 Å². The fourth-order valence-corrected chi connectivity index (χ4v) is 3.58. The zero-order valence-corrected chi connectivity index (χ0v) is 14.8. The number of hydrogen-bond acceptors (Lipinski definition) is 6. The Morgan fingerprint density at radius 2 is 1.81 bits per heavy atom. The van der Waals surface area contributed by atoms with E-state index in [-0.39, 0.29) is 11.6 Å². The summed E-state index contributed by atoms with van der Waals surface area (Å²) in [4.78, 5) is 28.9. The summed E-state index contributed by atoms with van der Waals surface area (Å²) in [5.41, 5.74) is 0.966. The van der Waals surface area contributed by atoms with Crippen molar-refractivity contribution in [2.75, 3.05) is 50.7 Å². The van der Waals surface area contributed by atoms with Gasteiger partial charge in [-0.05, 0) is 25.3 Å². The molecule has 2 aliphatic heterocycles. The zero-order chi connectivity index (χ0) is 18.5. The van der Waals surface area contributed by atoms with Crippen molar-refractivity contribution in [3.8, 4) is 6.07 Å². The number of non-ortho nitro benzene ring substituents is 1. The van der Waals surface area contributed by atoms with Crippen molar-refractivity contribution in [1.29, 1.82) is 5.26 Å². The van der Waals surface area contributed by atoms with Crippen LogP contribution in [-0.4, -0.2) is 66.4 Å². The van der Waals surface area contributed by atoms with Gasteiger partial charge in [-0.3, -0.25) is 19.8 Å². The lowest BCUT2D eigenvalue weighted by Crippen LogP contribution is -2.50. The molecule has 0 saturated carbocycles. The fraction of sp³-hybridized carbons (Fsp3) is 0.556. The Morgan fingerprint density at radius 1 is 1.12 bits per heavy atom. The molecule has 0 spiro atoms. The monoisotopic (exact) mass is 357 g/mol. The van der Waals surface area contributed by atoms with Crippen molar-refractivity contribution in [1.82, 2.24) is 9.80 Å². The third-order valence-corrected chi connectivity index (χ3v) is 5.09. The molecule has 0 bridgehead atoms. The summed E-state index contributed by atoms with van der Waals surface area (Å²) in [5.74, 6) is 0.200. The van der Waals surface area contributed by atoms with E-state index in [4.69, 9.17) is 0 Å². The Balaban J connectivity index is 1.57. The Hall–Kier alpha value is -2.66. The minimum Gasteiger partial charge on any atom is -0.368 e. The number of nitro groups is 1. The van der Waals surface area contributed by atoms with Crippen molar-refractivity contribution in [2.24, 2.45) is 0 Å². The Morgan fingerprint density at radius 3 is 2.42 bits per heavy atom. The van der Waals surface area contributed by atoms with E-state index in [1.165, 1.54) is 18.6 Å². The maximum Gasteiger partial charge on any atom is 0.270 e. The van der Waals surface area contributed by atoms with Gasteiger partial charge in [-0.1, -0.05) is 0 Å². The van der Waals surface area contributed by atoms with Gasteiger partial charge in [0.1, 0.15) is 6.07 Å². The Labute approximate surface area is 152 Å². The summed E-state index contributed by atoms with van der Waals surface area (Å²) >= 11 is 0. The Bertz CT molecular complexity index is 716. The molecule has 2 fully saturated rings. The highest BCUT2D eigenvalue weighted by Gasteiger charge is 2.24. The van der Waals surface area contributed by atoms with E-state index in [1.54, 1.807) is 6.07 Å². The van der Waals surface area contributed by atoms with Crippen LogP contribution in [0, 0.1) is 21.4 Å². The largest absolute Gasteiger partial charge is 0.368 e. The van der Waals surface area contributed by atoms with Crippen molar-refractivity contribution in [3.63, 3.8) is 0 Å². The van der Waals surface area contributed by atoms with Crippen LogP contribution in [0.15, 0.2) is 18.2 Å². The van der Waals surface area contributed by atoms with Crippen LogP contribution in [0.3, 0.4) is 0 Å². The number of benzene rings is 1. The van der Waals surface area contributed by atoms with Gasteiger partial charge in [-0.2, -0.15) is 5.26 Å². The minimum atomic E-state index is -0.491. The van der Waals surface area contributed by atoms with E-state index in [0.29, 0.717) is 25.2 Å². The van der Waals surface area contributed by atoms with E-state index in [1.807, 2.05) is 4.90 Å². The maximum absolute atomic E-state index is 12.4. The van der Waals surface area contributed by atoms with Crippen LogP contribution in [-0.2, 0) is 4.79 Å². The normalized spacial score (nSPS) is 18.4. The van der Waals surface area contributed by atoms with Gasteiger partial charge in [0, 0.05) is 51.4 Å². The van der Waals surface area contributed by atoms with E-state index in [9.17, 15) is 20.2 Å². The van der Waals surface area contributed by atoms with Crippen LogP contribution >= 0.6 is 0 Å². The van der Waals surface area contributed by atoms with Crippen molar-refractivity contribution >= 4 is 17.3 Å². The van der Waals surface area contributed by atoms with Gasteiger partial charge in [-0.15, -0.1) is 0 Å². The second kappa shape index (κ2) is 8.15. The fourth-order valence-electron chi connectivity index (χ4n) is 3.58. The molecule has 0 radical (unpaired) electrons. The van der Waals surface area contributed by atoms with Crippen molar-refractivity contribution in [2.45, 2.75) is 19.3 Å². The second-order valence-corrected chi connectivity index (χ2v) is 6.78. The second-order valence-electron chi connectivity index (χ2n) is 6.78. The highest BCUT2D eigenvalue weighted by Crippen LogP contribution is 2.26. The number of piperidine rings is 1. The lowest BCUT2D eigenvalue weighted by molar-refractivity contribution is -0.384. The number of rotatable bonds is 4. The lowest BCUT2D eigenvalue weighted by Gasteiger charge is -2.37. The Kier molecular flexibility index (Phi) is 5.68. The standard InChI is InChI=1S/C18H23N5O3/c19-13-15-12-16(23(25)26)4-5-17(15)21-10-8-20(9-11-21)14-18(24)22-6-2-1-3-7-22/h4-5,12H,1-3,6-11,14H2. The molecule has 2 aliphatic rings. The molecule has 0 aromatic heterocycles. The zero-order valence-electron chi connectivity index (χ0n) is 14.8. The molecule has 8 heteroatoms. The number of nitriles is 1. The molecule has 0 aliphatic carbocycles. The highest BCUT2D eigenvalue weighted by molar-refractivity contribution is 5.78. The smallest absolute Gasteiger partial charge is 0.270 e. The van der Waals surface area contributed by atoms with Crippen molar-refractivity contribution < 1.29 is 9.72 Å². The molecule has 138 valence electrons. The molecule has 3 rings (SSSR count). The van der Waals surface area contributed by atoms with Gasteiger partial charge in [0.2, 0.25) is 5.91 Å². The van der Waals surface area contributed by atoms with Gasteiger partial charge >= 0.3 is 0 Å². The lowest BCUT2D eigenvalue weighted by atomic mass is 10.1. The van der Waals surface area contributed by atoms with Crippen LogP contribution in [0.5, 0.6) is 0 Å². The van der Waals surface area contributed by atoms with Crippen LogP contribution in [0.25, 0.3) is 0 Å². The predicted octanol–water partition coefficient (Wildman–Crippen LogP) is 1.60. The first-order valence-corrected chi connectivity index (χ1v) is 9.02. The van der Waals surface area contributed by atoms with Crippen LogP contribution < -0.4 is 4.90 Å². The maximum atomic E-state index is 12.4. The van der Waals surface area contributed by atoms with E-state index >= 15 is 0 Å². The molecule has 2 saturated heterocycles. The third-order valence-electron chi connectivity index (χ3n) is 5.09. The number of carbonyl (C=O) groups is 1. The van der Waals surface area contributed by atoms with Gasteiger partial charge in [0.05, 0.1) is 22.7 Å². The van der Waals surface area contributed by atoms with Crippen LogP contribution in [0.2, 0.25) is 0 Å². The van der Waals surface area contributed by atoms with Gasteiger partial charge in [0.25, 0.3) is 5.69 Å². The number of piperazine rings is 1. The number of carbonyl (C=O) groups excluding carboxylic acids is 1. The quantitative estimate of drug-likeness (QED) is 0.600. The molecule has 26 heavy (non-hydrogen) atoms. The molecular formula is C18H23N5O3. The summed E-state index contributed by atoms with van der Waals surface area (Å²) in [6.07, 6.45) is 3.39. The molecular weight excluding hydrogens is 334 g/mol. The first-order chi connectivity index (χ1) is 12.6. The molecule has 1 aromatic carbocycles. The van der Waals surface area contributed by atoms with Crippen molar-refractivity contribution in [3.05, 3.63) is 33.9 Å². The molecule has 1 amide bonds. The van der Waals surface area contributed by atoms with Gasteiger partial charge in [-0.25, -0.2) is 0 Å².